The third-order valence-corrected chi connectivity index (χ3v) is 8.04. The third kappa shape index (κ3) is 3.57. The lowest BCUT2D eigenvalue weighted by Crippen LogP contribution is -2.56. The second-order valence-corrected chi connectivity index (χ2v) is 9.79. The Morgan fingerprint density at radius 3 is 2.29 bits per heavy atom. The van der Waals surface area contributed by atoms with E-state index in [9.17, 15) is 17.6 Å². The van der Waals surface area contributed by atoms with E-state index >= 15 is 0 Å². The van der Waals surface area contributed by atoms with Crippen molar-refractivity contribution in [2.75, 3.05) is 0 Å². The summed E-state index contributed by atoms with van der Waals surface area (Å²) < 4.78 is 45.1. The van der Waals surface area contributed by atoms with Gasteiger partial charge in [0.15, 0.2) is 14.6 Å². The van der Waals surface area contributed by atoms with E-state index in [1.54, 1.807) is 54.6 Å². The fourth-order valence-electron chi connectivity index (χ4n) is 4.24. The van der Waals surface area contributed by atoms with Crippen LogP contribution in [0.5, 0.6) is 5.75 Å². The van der Waals surface area contributed by atoms with Crippen LogP contribution in [0.4, 0.5) is 4.39 Å². The lowest BCUT2D eigenvalue weighted by Gasteiger charge is -2.41. The number of hydrogen-bond donors (Lipinski definition) is 0. The van der Waals surface area contributed by atoms with Gasteiger partial charge in [0, 0.05) is 11.5 Å². The fourth-order valence-corrected chi connectivity index (χ4v) is 6.42. The molecule has 6 heteroatoms. The predicted octanol–water partition coefficient (Wildman–Crippen LogP) is 4.81. The predicted molar refractivity (Wildman–Crippen MR) is 117 cm³/mol. The van der Waals surface area contributed by atoms with Crippen molar-refractivity contribution in [3.8, 4) is 5.75 Å². The summed E-state index contributed by atoms with van der Waals surface area (Å²) in [5, 5.41) is 0. The van der Waals surface area contributed by atoms with Crippen LogP contribution in [0.3, 0.4) is 0 Å². The first-order valence-corrected chi connectivity index (χ1v) is 11.5. The Kier molecular flexibility index (Phi) is 5.50. The molecule has 0 aliphatic carbocycles. The average molecular weight is 437 g/mol. The molecule has 0 saturated carbocycles. The molecule has 0 aromatic heterocycles. The van der Waals surface area contributed by atoms with E-state index < -0.39 is 32.3 Å². The van der Waals surface area contributed by atoms with Gasteiger partial charge in [0.25, 0.3) is 0 Å². The summed E-state index contributed by atoms with van der Waals surface area (Å²) in [4.78, 5) is 13.4. The molecule has 1 heterocycles. The van der Waals surface area contributed by atoms with Crippen LogP contribution in [0, 0.1) is 5.82 Å². The number of fused-ring (bicyclic) bond motifs is 1. The summed E-state index contributed by atoms with van der Waals surface area (Å²) in [6.45, 7) is 3.72. The van der Waals surface area contributed by atoms with Crippen LogP contribution in [0.1, 0.15) is 29.0 Å². The maximum absolute atomic E-state index is 13.9. The number of halogens is 1. The van der Waals surface area contributed by atoms with Gasteiger partial charge in [-0.15, -0.1) is 6.58 Å². The number of sulfone groups is 1. The maximum Gasteiger partial charge on any atom is 0.334 e. The molecule has 158 valence electrons. The summed E-state index contributed by atoms with van der Waals surface area (Å²) >= 11 is 0. The van der Waals surface area contributed by atoms with Crippen molar-refractivity contribution >= 4 is 15.8 Å². The third-order valence-electron chi connectivity index (χ3n) is 5.65. The fraction of sp³-hybridized carbons (Fsp3) is 0.160. The summed E-state index contributed by atoms with van der Waals surface area (Å²) in [7, 11) is -4.10. The monoisotopic (exact) mass is 436 g/mol. The minimum atomic E-state index is -4.10. The van der Waals surface area contributed by atoms with Gasteiger partial charge in [0.1, 0.15) is 11.6 Å². The first-order chi connectivity index (χ1) is 14.9. The molecular weight excluding hydrogens is 415 g/mol. The molecule has 0 amide bonds. The molecule has 0 saturated heterocycles. The summed E-state index contributed by atoms with van der Waals surface area (Å²) in [6.07, 6.45) is 1.28. The van der Waals surface area contributed by atoms with Crippen LogP contribution in [-0.4, -0.2) is 19.1 Å². The first-order valence-electron chi connectivity index (χ1n) is 9.83. The summed E-state index contributed by atoms with van der Waals surface area (Å²) in [5.74, 6) is -2.21. The van der Waals surface area contributed by atoms with E-state index in [-0.39, 0.29) is 12.2 Å². The first kappa shape index (κ1) is 21.0. The highest BCUT2D eigenvalue weighted by Gasteiger charge is 2.60. The standard InChI is InChI=1S/C25H21FO4S/c1-2-16-25(31(28,29)17-18-8-4-3-5-9-18)23(19-12-14-20(26)15-13-19)21-10-6-7-11-22(21)30-24(25)27/h2-15,23H,1,16-17H2. The Balaban J connectivity index is 1.98. The molecule has 1 aliphatic heterocycles. The highest BCUT2D eigenvalue weighted by molar-refractivity contribution is 7.92. The summed E-state index contributed by atoms with van der Waals surface area (Å²) in [6, 6.07) is 21.1. The van der Waals surface area contributed by atoms with Crippen molar-refractivity contribution in [1.29, 1.82) is 0 Å². The molecule has 2 atom stereocenters. The van der Waals surface area contributed by atoms with Crippen LogP contribution in [0.15, 0.2) is 91.5 Å². The van der Waals surface area contributed by atoms with E-state index in [0.717, 1.165) is 0 Å². The van der Waals surface area contributed by atoms with Crippen molar-refractivity contribution in [3.63, 3.8) is 0 Å². The molecule has 0 spiro atoms. The average Bonchev–Trinajstić information content (AvgIpc) is 2.75. The van der Waals surface area contributed by atoms with Crippen LogP contribution in [0.25, 0.3) is 0 Å². The van der Waals surface area contributed by atoms with Crippen LogP contribution in [0.2, 0.25) is 0 Å². The molecule has 3 aromatic rings. The highest BCUT2D eigenvalue weighted by atomic mass is 32.2. The van der Waals surface area contributed by atoms with Gasteiger partial charge in [-0.05, 0) is 35.7 Å². The Hall–Kier alpha value is -3.25. The van der Waals surface area contributed by atoms with Gasteiger partial charge in [0.05, 0.1) is 5.75 Å². The molecule has 31 heavy (non-hydrogen) atoms. The molecular formula is C25H21FO4S. The van der Waals surface area contributed by atoms with Crippen molar-refractivity contribution in [1.82, 2.24) is 0 Å². The zero-order valence-corrected chi connectivity index (χ0v) is 17.5. The van der Waals surface area contributed by atoms with E-state index in [4.69, 9.17) is 4.74 Å². The highest BCUT2D eigenvalue weighted by Crippen LogP contribution is 2.50. The smallest absolute Gasteiger partial charge is 0.334 e. The van der Waals surface area contributed by atoms with E-state index in [0.29, 0.717) is 22.4 Å². The molecule has 0 radical (unpaired) electrons. The SMILES string of the molecule is C=CCC1(S(=O)(=O)Cc2ccccc2)C(=O)Oc2ccccc2C1c1ccc(F)cc1. The van der Waals surface area contributed by atoms with Gasteiger partial charge >= 0.3 is 5.97 Å². The largest absolute Gasteiger partial charge is 0.425 e. The number of benzene rings is 3. The zero-order chi connectivity index (χ0) is 22.1. The van der Waals surface area contributed by atoms with Crippen molar-refractivity contribution in [2.24, 2.45) is 0 Å². The minimum absolute atomic E-state index is 0.141. The maximum atomic E-state index is 13.9. The molecule has 4 nitrogen and oxygen atoms in total. The van der Waals surface area contributed by atoms with Crippen LogP contribution in [-0.2, 0) is 20.4 Å². The Labute approximate surface area is 180 Å². The number of para-hydroxylation sites is 1. The number of esters is 1. The molecule has 4 rings (SSSR count). The van der Waals surface area contributed by atoms with Crippen molar-refractivity contribution in [3.05, 3.63) is 114 Å². The lowest BCUT2D eigenvalue weighted by atomic mass is 9.76. The second kappa shape index (κ2) is 8.12. The summed E-state index contributed by atoms with van der Waals surface area (Å²) in [5.41, 5.74) is 1.65. The van der Waals surface area contributed by atoms with E-state index in [1.165, 1.54) is 30.3 Å². The van der Waals surface area contributed by atoms with Crippen LogP contribution >= 0.6 is 0 Å². The minimum Gasteiger partial charge on any atom is -0.425 e. The molecule has 1 aliphatic rings. The van der Waals surface area contributed by atoms with Gasteiger partial charge in [-0.3, -0.25) is 0 Å². The number of ether oxygens (including phenoxy) is 1. The Morgan fingerprint density at radius 2 is 1.61 bits per heavy atom. The number of hydrogen-bond acceptors (Lipinski definition) is 4. The van der Waals surface area contributed by atoms with Gasteiger partial charge in [-0.2, -0.15) is 0 Å². The number of carbonyl (C=O) groups is 1. The number of carbonyl (C=O) groups excluding carboxylic acids is 1. The molecule has 2 unspecified atom stereocenters. The van der Waals surface area contributed by atoms with E-state index in [1.807, 2.05) is 0 Å². The van der Waals surface area contributed by atoms with Gasteiger partial charge in [-0.25, -0.2) is 17.6 Å². The quantitative estimate of drug-likeness (QED) is 0.316. The number of rotatable bonds is 6. The van der Waals surface area contributed by atoms with Crippen LogP contribution < -0.4 is 4.74 Å². The number of allylic oxidation sites excluding steroid dienone is 1. The Morgan fingerprint density at radius 1 is 0.968 bits per heavy atom. The van der Waals surface area contributed by atoms with Crippen molar-refractivity contribution < 1.29 is 22.3 Å². The topological polar surface area (TPSA) is 60.4 Å². The van der Waals surface area contributed by atoms with Gasteiger partial charge in [-0.1, -0.05) is 66.7 Å². The zero-order valence-electron chi connectivity index (χ0n) is 16.7. The molecule has 0 bridgehead atoms. The van der Waals surface area contributed by atoms with Crippen molar-refractivity contribution in [2.45, 2.75) is 22.8 Å². The normalized spacial score (nSPS) is 20.5. The second-order valence-electron chi connectivity index (χ2n) is 7.54. The van der Waals surface area contributed by atoms with Gasteiger partial charge < -0.3 is 4.74 Å². The lowest BCUT2D eigenvalue weighted by molar-refractivity contribution is -0.139. The molecule has 3 aromatic carbocycles. The van der Waals surface area contributed by atoms with Gasteiger partial charge in [0.2, 0.25) is 0 Å². The Bertz CT molecular complexity index is 1220. The molecule has 0 N–H and O–H groups in total. The molecule has 0 fully saturated rings. The van der Waals surface area contributed by atoms with E-state index in [2.05, 4.69) is 6.58 Å².